The minimum Gasteiger partial charge on any atom is -0.393 e. The monoisotopic (exact) mass is 378 g/mol. The van der Waals surface area contributed by atoms with E-state index in [-0.39, 0.29) is 17.9 Å². The van der Waals surface area contributed by atoms with Crippen molar-refractivity contribution in [3.8, 4) is 0 Å². The molecule has 4 nitrogen and oxygen atoms in total. The van der Waals surface area contributed by atoms with E-state index in [2.05, 4.69) is 13.8 Å². The summed E-state index contributed by atoms with van der Waals surface area (Å²) in [5.41, 5.74) is -0.120. The summed E-state index contributed by atoms with van der Waals surface area (Å²) in [4.78, 5) is 0. The Morgan fingerprint density at radius 3 is 2.48 bits per heavy atom. The van der Waals surface area contributed by atoms with Crippen molar-refractivity contribution in [3.05, 3.63) is 0 Å². The lowest BCUT2D eigenvalue weighted by atomic mass is 9.39. The fourth-order valence-electron chi connectivity index (χ4n) is 8.80. The SMILES string of the molecule is CC1(C)OC[C@]2(C)C(CC[C@@]3(C)C2CCC2CC4CC23CC[C@]4(O)CO)O1. The largest absolute Gasteiger partial charge is 0.393 e. The summed E-state index contributed by atoms with van der Waals surface area (Å²) in [6.45, 7) is 9.82. The van der Waals surface area contributed by atoms with Crippen LogP contribution in [0.3, 0.4) is 0 Å². The summed E-state index contributed by atoms with van der Waals surface area (Å²) in [6, 6.07) is 0. The molecule has 5 fully saturated rings. The molecule has 0 radical (unpaired) electrons. The zero-order chi connectivity index (χ0) is 19.3. The lowest BCUT2D eigenvalue weighted by molar-refractivity contribution is -0.352. The van der Waals surface area contributed by atoms with Crippen LogP contribution < -0.4 is 0 Å². The van der Waals surface area contributed by atoms with Crippen LogP contribution in [0.25, 0.3) is 0 Å². The number of aliphatic hydroxyl groups is 2. The third kappa shape index (κ3) is 2.25. The van der Waals surface area contributed by atoms with Gasteiger partial charge in [0.05, 0.1) is 24.9 Å². The standard InChI is InChI=1S/C23H38O4/c1-19(2)26-14-20(3)17-6-5-15-11-16-12-22(15,9-10-23(16,25)13-24)21(17,4)8-7-18(20)27-19/h15-18,24-25H,5-14H2,1-4H3/t15?,16?,17?,18?,20-,21-,22?,23-/m0/s1. The van der Waals surface area contributed by atoms with Crippen LogP contribution in [0.2, 0.25) is 0 Å². The van der Waals surface area contributed by atoms with E-state index in [4.69, 9.17) is 9.47 Å². The number of rotatable bonds is 1. The zero-order valence-corrected chi connectivity index (χ0v) is 17.6. The van der Waals surface area contributed by atoms with Gasteiger partial charge in [0, 0.05) is 5.41 Å². The first-order chi connectivity index (χ1) is 12.6. The summed E-state index contributed by atoms with van der Waals surface area (Å²) in [6.07, 6.45) is 9.24. The molecule has 5 unspecified atom stereocenters. The second-order valence-electron chi connectivity index (χ2n) is 11.6. The minimum atomic E-state index is -0.837. The first-order valence-corrected chi connectivity index (χ1v) is 11.2. The lowest BCUT2D eigenvalue weighted by Crippen LogP contribution is -2.66. The van der Waals surface area contributed by atoms with E-state index in [9.17, 15) is 10.2 Å². The Balaban J connectivity index is 1.51. The van der Waals surface area contributed by atoms with Gasteiger partial charge in [-0.1, -0.05) is 13.8 Å². The third-order valence-corrected chi connectivity index (χ3v) is 10.3. The summed E-state index contributed by atoms with van der Waals surface area (Å²) in [5.74, 6) is 1.15. The smallest absolute Gasteiger partial charge is 0.163 e. The Kier molecular flexibility index (Phi) is 3.84. The van der Waals surface area contributed by atoms with Crippen LogP contribution in [0.4, 0.5) is 0 Å². The molecule has 4 aliphatic carbocycles. The topological polar surface area (TPSA) is 58.9 Å². The molecule has 0 aromatic carbocycles. The highest BCUT2D eigenvalue weighted by Gasteiger charge is 2.71. The molecule has 1 aliphatic heterocycles. The van der Waals surface area contributed by atoms with Crippen LogP contribution in [0.15, 0.2) is 0 Å². The molecule has 2 bridgehead atoms. The molecule has 154 valence electrons. The van der Waals surface area contributed by atoms with Gasteiger partial charge in [0.2, 0.25) is 0 Å². The van der Waals surface area contributed by atoms with E-state index in [0.717, 1.165) is 38.7 Å². The maximum atomic E-state index is 11.0. The Bertz CT molecular complexity index is 634. The van der Waals surface area contributed by atoms with Crippen LogP contribution in [-0.4, -0.2) is 40.9 Å². The van der Waals surface area contributed by atoms with Crippen LogP contribution in [-0.2, 0) is 9.47 Å². The lowest BCUT2D eigenvalue weighted by Gasteiger charge is -2.68. The van der Waals surface area contributed by atoms with Gasteiger partial charge in [-0.25, -0.2) is 0 Å². The number of fused-ring (bicyclic) bond motifs is 4. The van der Waals surface area contributed by atoms with Gasteiger partial charge in [0.15, 0.2) is 5.79 Å². The van der Waals surface area contributed by atoms with E-state index in [1.54, 1.807) is 0 Å². The maximum absolute atomic E-state index is 11.0. The average molecular weight is 379 g/mol. The van der Waals surface area contributed by atoms with Gasteiger partial charge in [-0.05, 0) is 93.8 Å². The van der Waals surface area contributed by atoms with Gasteiger partial charge >= 0.3 is 0 Å². The fourth-order valence-corrected chi connectivity index (χ4v) is 8.80. The highest BCUT2D eigenvalue weighted by Crippen LogP contribution is 2.75. The van der Waals surface area contributed by atoms with E-state index in [0.29, 0.717) is 28.8 Å². The minimum absolute atomic E-state index is 0.0723. The van der Waals surface area contributed by atoms with Crippen LogP contribution in [0.5, 0.6) is 0 Å². The summed E-state index contributed by atoms with van der Waals surface area (Å²) in [5, 5.41) is 20.9. The molecule has 5 aliphatic rings. The van der Waals surface area contributed by atoms with Gasteiger partial charge in [-0.3, -0.25) is 0 Å². The quantitative estimate of drug-likeness (QED) is 0.727. The first kappa shape index (κ1) is 18.8. The van der Waals surface area contributed by atoms with Crippen molar-refractivity contribution < 1.29 is 19.7 Å². The molecule has 1 spiro atoms. The molecule has 27 heavy (non-hydrogen) atoms. The van der Waals surface area contributed by atoms with E-state index in [1.807, 2.05) is 13.8 Å². The van der Waals surface area contributed by atoms with Crippen molar-refractivity contribution in [2.75, 3.05) is 13.2 Å². The molecule has 5 rings (SSSR count). The normalized spacial score (nSPS) is 58.9. The predicted octanol–water partition coefficient (Wildman–Crippen LogP) is 3.88. The van der Waals surface area contributed by atoms with Gasteiger partial charge in [-0.15, -0.1) is 0 Å². The molecule has 4 saturated carbocycles. The Morgan fingerprint density at radius 1 is 0.963 bits per heavy atom. The van der Waals surface area contributed by atoms with Gasteiger partial charge in [0.1, 0.15) is 0 Å². The molecule has 8 atom stereocenters. The average Bonchev–Trinajstić information content (AvgIpc) is 2.97. The second kappa shape index (κ2) is 5.50. The van der Waals surface area contributed by atoms with Crippen molar-refractivity contribution >= 4 is 0 Å². The van der Waals surface area contributed by atoms with Gasteiger partial charge < -0.3 is 19.7 Å². The number of ether oxygens (including phenoxy) is 2. The van der Waals surface area contributed by atoms with Crippen molar-refractivity contribution in [3.63, 3.8) is 0 Å². The Morgan fingerprint density at radius 2 is 1.74 bits per heavy atom. The van der Waals surface area contributed by atoms with E-state index in [1.165, 1.54) is 19.3 Å². The van der Waals surface area contributed by atoms with Crippen LogP contribution >= 0.6 is 0 Å². The van der Waals surface area contributed by atoms with Crippen molar-refractivity contribution in [1.82, 2.24) is 0 Å². The molecule has 0 aromatic rings. The van der Waals surface area contributed by atoms with E-state index < -0.39 is 11.4 Å². The number of aliphatic hydroxyl groups excluding tert-OH is 1. The van der Waals surface area contributed by atoms with Crippen LogP contribution in [0, 0.1) is 34.0 Å². The molecule has 4 heteroatoms. The Labute approximate surface area is 164 Å². The molecular formula is C23H38O4. The van der Waals surface area contributed by atoms with Crippen molar-refractivity contribution in [2.45, 2.75) is 96.6 Å². The highest BCUT2D eigenvalue weighted by molar-refractivity contribution is 5.20. The fraction of sp³-hybridized carbons (Fsp3) is 1.00. The Hall–Kier alpha value is -0.160. The summed E-state index contributed by atoms with van der Waals surface area (Å²) in [7, 11) is 0. The molecule has 0 aromatic heterocycles. The molecule has 1 saturated heterocycles. The molecular weight excluding hydrogens is 340 g/mol. The number of hydrogen-bond acceptors (Lipinski definition) is 4. The summed E-state index contributed by atoms with van der Waals surface area (Å²) >= 11 is 0. The number of hydrogen-bond donors (Lipinski definition) is 2. The highest BCUT2D eigenvalue weighted by atomic mass is 16.7. The maximum Gasteiger partial charge on any atom is 0.163 e. The molecule has 1 heterocycles. The van der Waals surface area contributed by atoms with Crippen LogP contribution in [0.1, 0.15) is 79.1 Å². The third-order valence-electron chi connectivity index (χ3n) is 10.3. The second-order valence-corrected chi connectivity index (χ2v) is 11.6. The summed E-state index contributed by atoms with van der Waals surface area (Å²) < 4.78 is 12.6. The van der Waals surface area contributed by atoms with Crippen molar-refractivity contribution in [1.29, 1.82) is 0 Å². The van der Waals surface area contributed by atoms with E-state index >= 15 is 0 Å². The zero-order valence-electron chi connectivity index (χ0n) is 17.6. The predicted molar refractivity (Wildman–Crippen MR) is 103 cm³/mol. The van der Waals surface area contributed by atoms with Gasteiger partial charge in [0.25, 0.3) is 0 Å². The molecule has 0 amide bonds. The molecule has 2 N–H and O–H groups in total. The first-order valence-electron chi connectivity index (χ1n) is 11.2. The van der Waals surface area contributed by atoms with Crippen molar-refractivity contribution in [2.24, 2.45) is 34.0 Å². The van der Waals surface area contributed by atoms with Gasteiger partial charge in [-0.2, -0.15) is 0 Å².